The molecule has 0 atom stereocenters. The Hall–Kier alpha value is -2.21. The lowest BCUT2D eigenvalue weighted by molar-refractivity contribution is 0.0595. The van der Waals surface area contributed by atoms with E-state index in [2.05, 4.69) is 26.0 Å². The second-order valence-corrected chi connectivity index (χ2v) is 6.56. The molecule has 0 bridgehead atoms. The number of rotatable bonds is 3. The summed E-state index contributed by atoms with van der Waals surface area (Å²) in [5.41, 5.74) is 2.97. The predicted octanol–water partition coefficient (Wildman–Crippen LogP) is 3.85. The largest absolute Gasteiger partial charge is 0.464 e. The molecule has 0 saturated heterocycles. The summed E-state index contributed by atoms with van der Waals surface area (Å²) in [4.78, 5) is 16.7. The monoisotopic (exact) mass is 371 g/mol. The number of methoxy groups -OCH3 is 1. The fraction of sp³-hybridized carbons (Fsp3) is 0.235. The summed E-state index contributed by atoms with van der Waals surface area (Å²) in [5.74, 6) is 0.116. The van der Waals surface area contributed by atoms with Crippen LogP contribution in [-0.4, -0.2) is 27.8 Å². The summed E-state index contributed by atoms with van der Waals surface area (Å²) in [6.07, 6.45) is 4.25. The fourth-order valence-corrected chi connectivity index (χ4v) is 3.08. The summed E-state index contributed by atoms with van der Waals surface area (Å²) in [5, 5.41) is 5.19. The third-order valence-electron chi connectivity index (χ3n) is 4.02. The van der Waals surface area contributed by atoms with E-state index in [0.29, 0.717) is 17.3 Å². The Kier molecular flexibility index (Phi) is 3.41. The van der Waals surface area contributed by atoms with Crippen LogP contribution in [0, 0.1) is 0 Å². The molecule has 4 rings (SSSR count). The minimum absolute atomic E-state index is 0.303. The molecular formula is C17H14BrN3O2. The zero-order valence-corrected chi connectivity index (χ0v) is 14.1. The number of carbonyl (C=O) groups excluding carboxylic acids is 1. The molecule has 2 aromatic heterocycles. The molecule has 2 heterocycles. The standard InChI is InChI=1S/C17H14BrN3O2/c1-23-17(22)15-14-7-11(10-5-6-10)9-19-16(14)21(20-15)13-4-2-3-12(18)8-13/h2-4,7-10H,5-6H2,1H3. The lowest BCUT2D eigenvalue weighted by Crippen LogP contribution is -2.04. The molecular weight excluding hydrogens is 358 g/mol. The Morgan fingerprint density at radius 3 is 2.87 bits per heavy atom. The first kappa shape index (κ1) is 14.4. The van der Waals surface area contributed by atoms with Crippen molar-refractivity contribution < 1.29 is 9.53 Å². The number of nitrogens with zero attached hydrogens (tertiary/aromatic N) is 3. The van der Waals surface area contributed by atoms with Crippen LogP contribution in [0.4, 0.5) is 0 Å². The first-order valence-electron chi connectivity index (χ1n) is 7.40. The fourth-order valence-electron chi connectivity index (χ4n) is 2.69. The van der Waals surface area contributed by atoms with Gasteiger partial charge >= 0.3 is 5.97 Å². The molecule has 3 aromatic rings. The molecule has 0 unspecified atom stereocenters. The highest BCUT2D eigenvalue weighted by atomic mass is 79.9. The molecule has 5 nitrogen and oxygen atoms in total. The Labute approximate surface area is 141 Å². The topological polar surface area (TPSA) is 57.0 Å². The van der Waals surface area contributed by atoms with Gasteiger partial charge in [-0.25, -0.2) is 14.5 Å². The minimum Gasteiger partial charge on any atom is -0.464 e. The van der Waals surface area contributed by atoms with Crippen LogP contribution in [0.5, 0.6) is 0 Å². The lowest BCUT2D eigenvalue weighted by Gasteiger charge is -2.03. The zero-order chi connectivity index (χ0) is 16.0. The van der Waals surface area contributed by atoms with E-state index in [1.807, 2.05) is 36.5 Å². The molecule has 0 N–H and O–H groups in total. The maximum Gasteiger partial charge on any atom is 0.359 e. The highest BCUT2D eigenvalue weighted by Crippen LogP contribution is 2.40. The lowest BCUT2D eigenvalue weighted by atomic mass is 10.1. The van der Waals surface area contributed by atoms with E-state index in [1.54, 1.807) is 4.68 Å². The zero-order valence-electron chi connectivity index (χ0n) is 12.5. The van der Waals surface area contributed by atoms with Gasteiger partial charge in [0, 0.05) is 10.7 Å². The second kappa shape index (κ2) is 5.45. The van der Waals surface area contributed by atoms with Crippen molar-refractivity contribution in [2.24, 2.45) is 0 Å². The van der Waals surface area contributed by atoms with E-state index in [9.17, 15) is 4.79 Å². The van der Waals surface area contributed by atoms with Gasteiger partial charge in [0.05, 0.1) is 18.2 Å². The van der Waals surface area contributed by atoms with Crippen molar-refractivity contribution in [1.29, 1.82) is 0 Å². The van der Waals surface area contributed by atoms with Gasteiger partial charge in [0.1, 0.15) is 0 Å². The van der Waals surface area contributed by atoms with Crippen LogP contribution in [-0.2, 0) is 4.74 Å². The highest BCUT2D eigenvalue weighted by molar-refractivity contribution is 9.10. The van der Waals surface area contributed by atoms with Gasteiger partial charge in [-0.05, 0) is 48.6 Å². The van der Waals surface area contributed by atoms with Crippen molar-refractivity contribution in [2.45, 2.75) is 18.8 Å². The van der Waals surface area contributed by atoms with E-state index in [-0.39, 0.29) is 0 Å². The van der Waals surface area contributed by atoms with Crippen molar-refractivity contribution in [3.05, 3.63) is 52.3 Å². The average molecular weight is 372 g/mol. The van der Waals surface area contributed by atoms with E-state index in [1.165, 1.54) is 20.0 Å². The van der Waals surface area contributed by atoms with Crippen LogP contribution < -0.4 is 0 Å². The SMILES string of the molecule is COC(=O)c1nn(-c2cccc(Br)c2)c2ncc(C3CC3)cc12. The normalized spacial score (nSPS) is 14.2. The Morgan fingerprint density at radius 1 is 1.35 bits per heavy atom. The number of aromatic nitrogens is 3. The van der Waals surface area contributed by atoms with Crippen LogP contribution in [0.2, 0.25) is 0 Å². The molecule has 1 fully saturated rings. The molecule has 1 aromatic carbocycles. The van der Waals surface area contributed by atoms with Crippen molar-refractivity contribution >= 4 is 32.9 Å². The number of pyridine rings is 1. The van der Waals surface area contributed by atoms with Gasteiger partial charge in [0.2, 0.25) is 0 Å². The molecule has 116 valence electrons. The number of fused-ring (bicyclic) bond motifs is 1. The van der Waals surface area contributed by atoms with E-state index >= 15 is 0 Å². The Bertz CT molecular complexity index is 915. The van der Waals surface area contributed by atoms with Crippen molar-refractivity contribution in [3.8, 4) is 5.69 Å². The number of hydrogen-bond donors (Lipinski definition) is 0. The van der Waals surface area contributed by atoms with Crippen LogP contribution in [0.3, 0.4) is 0 Å². The van der Waals surface area contributed by atoms with Gasteiger partial charge in [-0.3, -0.25) is 0 Å². The van der Waals surface area contributed by atoms with E-state index in [4.69, 9.17) is 4.74 Å². The van der Waals surface area contributed by atoms with Gasteiger partial charge in [0.15, 0.2) is 11.3 Å². The molecule has 1 aliphatic carbocycles. The van der Waals surface area contributed by atoms with Gasteiger partial charge in [-0.2, -0.15) is 5.10 Å². The van der Waals surface area contributed by atoms with E-state index in [0.717, 1.165) is 21.1 Å². The maximum absolute atomic E-state index is 12.1. The molecule has 1 aliphatic rings. The van der Waals surface area contributed by atoms with Gasteiger partial charge in [-0.1, -0.05) is 22.0 Å². The highest BCUT2D eigenvalue weighted by Gasteiger charge is 2.26. The first-order valence-corrected chi connectivity index (χ1v) is 8.19. The van der Waals surface area contributed by atoms with Gasteiger partial charge in [0.25, 0.3) is 0 Å². The molecule has 0 radical (unpaired) electrons. The molecule has 23 heavy (non-hydrogen) atoms. The predicted molar refractivity (Wildman–Crippen MR) is 89.9 cm³/mol. The number of benzene rings is 1. The summed E-state index contributed by atoms with van der Waals surface area (Å²) in [7, 11) is 1.37. The first-order chi connectivity index (χ1) is 11.2. The average Bonchev–Trinajstić information content (AvgIpc) is 3.34. The number of esters is 1. The van der Waals surface area contributed by atoms with Crippen molar-refractivity contribution in [2.75, 3.05) is 7.11 Å². The molecule has 6 heteroatoms. The number of carbonyl (C=O) groups is 1. The van der Waals surface area contributed by atoms with Crippen molar-refractivity contribution in [1.82, 2.24) is 14.8 Å². The number of hydrogen-bond acceptors (Lipinski definition) is 4. The molecule has 0 spiro atoms. The third-order valence-corrected chi connectivity index (χ3v) is 4.52. The minimum atomic E-state index is -0.446. The third kappa shape index (κ3) is 2.53. The summed E-state index contributed by atoms with van der Waals surface area (Å²) in [6, 6.07) is 9.74. The van der Waals surface area contributed by atoms with Crippen LogP contribution in [0.15, 0.2) is 41.0 Å². The van der Waals surface area contributed by atoms with Crippen LogP contribution >= 0.6 is 15.9 Å². The quantitative estimate of drug-likeness (QED) is 0.656. The molecule has 0 aliphatic heterocycles. The van der Waals surface area contributed by atoms with Gasteiger partial charge in [-0.15, -0.1) is 0 Å². The van der Waals surface area contributed by atoms with Crippen LogP contribution in [0.25, 0.3) is 16.7 Å². The summed E-state index contributed by atoms with van der Waals surface area (Å²) < 4.78 is 7.50. The number of ether oxygens (including phenoxy) is 1. The Morgan fingerprint density at radius 2 is 2.17 bits per heavy atom. The summed E-state index contributed by atoms with van der Waals surface area (Å²) >= 11 is 3.46. The van der Waals surface area contributed by atoms with Gasteiger partial charge < -0.3 is 4.74 Å². The van der Waals surface area contributed by atoms with Crippen molar-refractivity contribution in [3.63, 3.8) is 0 Å². The number of halogens is 1. The smallest absolute Gasteiger partial charge is 0.359 e. The molecule has 1 saturated carbocycles. The van der Waals surface area contributed by atoms with E-state index < -0.39 is 5.97 Å². The summed E-state index contributed by atoms with van der Waals surface area (Å²) in [6.45, 7) is 0. The maximum atomic E-state index is 12.1. The second-order valence-electron chi connectivity index (χ2n) is 5.65. The molecule has 0 amide bonds. The Balaban J connectivity index is 1.95. The van der Waals surface area contributed by atoms with Crippen LogP contribution in [0.1, 0.15) is 34.8 Å².